The third-order valence-corrected chi connectivity index (χ3v) is 2.51. The van der Waals surface area contributed by atoms with E-state index in [0.29, 0.717) is 17.5 Å². The van der Waals surface area contributed by atoms with Gasteiger partial charge in [0.1, 0.15) is 17.9 Å². The van der Waals surface area contributed by atoms with Crippen LogP contribution in [-0.4, -0.2) is 15.8 Å². The van der Waals surface area contributed by atoms with Gasteiger partial charge >= 0.3 is 0 Å². The summed E-state index contributed by atoms with van der Waals surface area (Å²) >= 11 is 0. The zero-order chi connectivity index (χ0) is 12.3. The first kappa shape index (κ1) is 11.5. The summed E-state index contributed by atoms with van der Waals surface area (Å²) in [6, 6.07) is 4.26. The molecule has 0 aliphatic heterocycles. The topological polar surface area (TPSA) is 34.9 Å². The molecule has 0 radical (unpaired) electrons. The van der Waals surface area contributed by atoms with Crippen molar-refractivity contribution in [1.82, 2.24) is 9.55 Å². The van der Waals surface area contributed by atoms with E-state index in [9.17, 15) is 9.18 Å². The Bertz CT molecular complexity index is 534. The Kier molecular flexibility index (Phi) is 3.32. The molecule has 0 bridgehead atoms. The molecule has 4 heteroatoms. The number of aromatic nitrogens is 2. The lowest BCUT2D eigenvalue weighted by Gasteiger charge is -2.08. The highest BCUT2D eigenvalue weighted by Gasteiger charge is 2.06. The highest BCUT2D eigenvalue weighted by molar-refractivity contribution is 5.76. The van der Waals surface area contributed by atoms with Crippen LogP contribution < -0.4 is 0 Å². The number of rotatable bonds is 4. The zero-order valence-electron chi connectivity index (χ0n) is 9.56. The summed E-state index contributed by atoms with van der Waals surface area (Å²) in [4.78, 5) is 14.9. The number of imidazole rings is 1. The van der Waals surface area contributed by atoms with E-state index >= 15 is 0 Å². The second kappa shape index (κ2) is 4.91. The molecule has 2 aromatic rings. The van der Waals surface area contributed by atoms with Crippen molar-refractivity contribution in [3.8, 4) is 5.69 Å². The predicted octanol–water partition coefficient (Wildman–Crippen LogP) is 2.78. The molecule has 0 atom stereocenters. The van der Waals surface area contributed by atoms with Crippen LogP contribution in [0.15, 0.2) is 30.6 Å². The van der Waals surface area contributed by atoms with E-state index in [-0.39, 0.29) is 0 Å². The number of halogens is 1. The van der Waals surface area contributed by atoms with E-state index in [1.807, 2.05) is 0 Å². The third-order valence-electron chi connectivity index (χ3n) is 2.51. The fourth-order valence-electron chi connectivity index (χ4n) is 1.78. The second-order valence-corrected chi connectivity index (χ2v) is 3.82. The van der Waals surface area contributed by atoms with Gasteiger partial charge in [-0.3, -0.25) is 4.79 Å². The molecule has 0 saturated heterocycles. The maximum atomic E-state index is 13.3. The summed E-state index contributed by atoms with van der Waals surface area (Å²) in [6.45, 7) is 2.06. The van der Waals surface area contributed by atoms with Crippen molar-refractivity contribution in [3.63, 3.8) is 0 Å². The molecule has 0 spiro atoms. The Labute approximate surface area is 98.9 Å². The molecule has 88 valence electrons. The maximum absolute atomic E-state index is 13.3. The molecule has 3 nitrogen and oxygen atoms in total. The van der Waals surface area contributed by atoms with E-state index in [2.05, 4.69) is 11.9 Å². The molecule has 0 aliphatic rings. The standard InChI is InChI=1S/C13H13FN2O/c1-2-3-13-15-4-5-16(13)12-7-10(9-17)6-11(14)8-12/h4-9H,2-3H2,1H3. The van der Waals surface area contributed by atoms with Gasteiger partial charge in [-0.05, 0) is 24.6 Å². The lowest BCUT2D eigenvalue weighted by molar-refractivity contribution is 0.112. The third kappa shape index (κ3) is 2.41. The molecule has 2 rings (SSSR count). The van der Waals surface area contributed by atoms with Crippen LogP contribution in [0.3, 0.4) is 0 Å². The van der Waals surface area contributed by atoms with Crippen molar-refractivity contribution in [3.05, 3.63) is 47.8 Å². The van der Waals surface area contributed by atoms with Crippen molar-refractivity contribution in [2.45, 2.75) is 19.8 Å². The Balaban J connectivity index is 2.48. The van der Waals surface area contributed by atoms with Crippen LogP contribution in [0.5, 0.6) is 0 Å². The second-order valence-electron chi connectivity index (χ2n) is 3.82. The van der Waals surface area contributed by atoms with Crippen LogP contribution in [0, 0.1) is 5.82 Å². The summed E-state index contributed by atoms with van der Waals surface area (Å²) in [7, 11) is 0. The molecule has 1 heterocycles. The minimum Gasteiger partial charge on any atom is -0.304 e. The molecule has 0 N–H and O–H groups in total. The summed E-state index contributed by atoms with van der Waals surface area (Å²) in [6.07, 6.45) is 5.88. The maximum Gasteiger partial charge on any atom is 0.150 e. The van der Waals surface area contributed by atoms with Crippen LogP contribution >= 0.6 is 0 Å². The zero-order valence-corrected chi connectivity index (χ0v) is 9.56. The van der Waals surface area contributed by atoms with Crippen molar-refractivity contribution in [1.29, 1.82) is 0 Å². The normalized spacial score (nSPS) is 10.5. The molecule has 17 heavy (non-hydrogen) atoms. The van der Waals surface area contributed by atoms with E-state index < -0.39 is 5.82 Å². The summed E-state index contributed by atoms with van der Waals surface area (Å²) in [5.74, 6) is 0.454. The van der Waals surface area contributed by atoms with Gasteiger partial charge in [0.2, 0.25) is 0 Å². The average Bonchev–Trinajstić information content (AvgIpc) is 2.77. The van der Waals surface area contributed by atoms with Gasteiger partial charge in [0, 0.05) is 24.4 Å². The number of nitrogens with zero attached hydrogens (tertiary/aromatic N) is 2. The van der Waals surface area contributed by atoms with Gasteiger partial charge < -0.3 is 4.57 Å². The highest BCUT2D eigenvalue weighted by atomic mass is 19.1. The fourth-order valence-corrected chi connectivity index (χ4v) is 1.78. The first-order valence-electron chi connectivity index (χ1n) is 5.53. The van der Waals surface area contributed by atoms with Gasteiger partial charge in [-0.25, -0.2) is 9.37 Å². The smallest absolute Gasteiger partial charge is 0.150 e. The summed E-state index contributed by atoms with van der Waals surface area (Å²) < 4.78 is 15.1. The largest absolute Gasteiger partial charge is 0.304 e. The summed E-state index contributed by atoms with van der Waals surface area (Å²) in [5.41, 5.74) is 0.962. The number of benzene rings is 1. The average molecular weight is 232 g/mol. The molecular formula is C13H13FN2O. The van der Waals surface area contributed by atoms with Crippen molar-refractivity contribution in [2.24, 2.45) is 0 Å². The van der Waals surface area contributed by atoms with E-state index in [0.717, 1.165) is 18.7 Å². The molecule has 1 aromatic heterocycles. The van der Waals surface area contributed by atoms with Gasteiger partial charge in [-0.1, -0.05) is 6.92 Å². The Hall–Kier alpha value is -1.97. The Morgan fingerprint density at radius 2 is 2.24 bits per heavy atom. The minimum atomic E-state index is -0.416. The number of aldehydes is 1. The molecular weight excluding hydrogens is 219 g/mol. The first-order chi connectivity index (χ1) is 8.24. The van der Waals surface area contributed by atoms with Gasteiger partial charge in [-0.2, -0.15) is 0 Å². The summed E-state index contributed by atoms with van der Waals surface area (Å²) in [5, 5.41) is 0. The number of hydrogen-bond donors (Lipinski definition) is 0. The number of hydrogen-bond acceptors (Lipinski definition) is 2. The Morgan fingerprint density at radius 3 is 2.94 bits per heavy atom. The molecule has 0 fully saturated rings. The van der Waals surface area contributed by atoms with Gasteiger partial charge in [-0.15, -0.1) is 0 Å². The van der Waals surface area contributed by atoms with Crippen LogP contribution in [0.25, 0.3) is 5.69 Å². The van der Waals surface area contributed by atoms with Gasteiger partial charge in [0.05, 0.1) is 5.69 Å². The van der Waals surface area contributed by atoms with Crippen LogP contribution in [0.1, 0.15) is 29.5 Å². The van der Waals surface area contributed by atoms with Crippen molar-refractivity contribution >= 4 is 6.29 Å². The lowest BCUT2D eigenvalue weighted by Crippen LogP contribution is -2.01. The number of carbonyl (C=O) groups excluding carboxylic acids is 1. The van der Waals surface area contributed by atoms with E-state index in [1.54, 1.807) is 23.0 Å². The van der Waals surface area contributed by atoms with Gasteiger partial charge in [0.15, 0.2) is 0 Å². The number of carbonyl (C=O) groups is 1. The molecule has 0 unspecified atom stereocenters. The van der Waals surface area contributed by atoms with Crippen LogP contribution in [0.2, 0.25) is 0 Å². The van der Waals surface area contributed by atoms with E-state index in [1.165, 1.54) is 12.1 Å². The SMILES string of the molecule is CCCc1nccn1-c1cc(F)cc(C=O)c1. The molecule has 0 amide bonds. The van der Waals surface area contributed by atoms with Crippen LogP contribution in [-0.2, 0) is 6.42 Å². The molecule has 0 aliphatic carbocycles. The predicted molar refractivity (Wildman–Crippen MR) is 62.9 cm³/mol. The highest BCUT2D eigenvalue weighted by Crippen LogP contribution is 2.15. The van der Waals surface area contributed by atoms with E-state index in [4.69, 9.17) is 0 Å². The van der Waals surface area contributed by atoms with Crippen molar-refractivity contribution < 1.29 is 9.18 Å². The van der Waals surface area contributed by atoms with Crippen LogP contribution in [0.4, 0.5) is 4.39 Å². The quantitative estimate of drug-likeness (QED) is 0.760. The minimum absolute atomic E-state index is 0.330. The number of aryl methyl sites for hydroxylation is 1. The van der Waals surface area contributed by atoms with Crippen molar-refractivity contribution in [2.75, 3.05) is 0 Å². The van der Waals surface area contributed by atoms with Gasteiger partial charge in [0.25, 0.3) is 0 Å². The first-order valence-corrected chi connectivity index (χ1v) is 5.53. The fraction of sp³-hybridized carbons (Fsp3) is 0.231. The monoisotopic (exact) mass is 232 g/mol. The molecule has 0 saturated carbocycles. The lowest BCUT2D eigenvalue weighted by atomic mass is 10.2. The Morgan fingerprint density at radius 1 is 1.41 bits per heavy atom. The molecule has 1 aromatic carbocycles.